The Balaban J connectivity index is 2.83. The first-order chi connectivity index (χ1) is 11.2. The van der Waals surface area contributed by atoms with Crippen molar-refractivity contribution in [1.82, 2.24) is 9.13 Å². The van der Waals surface area contributed by atoms with E-state index in [4.69, 9.17) is 16.3 Å². The zero-order chi connectivity index (χ0) is 18.2. The summed E-state index contributed by atoms with van der Waals surface area (Å²) in [6.45, 7) is 7.06. The van der Waals surface area contributed by atoms with Crippen molar-refractivity contribution in [2.75, 3.05) is 0 Å². The van der Waals surface area contributed by atoms with E-state index in [2.05, 4.69) is 0 Å². The summed E-state index contributed by atoms with van der Waals surface area (Å²) >= 11 is 5.99. The van der Waals surface area contributed by atoms with Gasteiger partial charge in [-0.1, -0.05) is 18.5 Å². The maximum Gasteiger partial charge on any atom is 0.335 e. The van der Waals surface area contributed by atoms with Gasteiger partial charge >= 0.3 is 5.69 Å². The van der Waals surface area contributed by atoms with E-state index in [1.165, 1.54) is 10.6 Å². The van der Waals surface area contributed by atoms with Crippen LogP contribution in [0.3, 0.4) is 0 Å². The Kier molecular flexibility index (Phi) is 5.18. The van der Waals surface area contributed by atoms with Crippen molar-refractivity contribution in [3.8, 4) is 11.4 Å². The fourth-order valence-electron chi connectivity index (χ4n) is 2.64. The van der Waals surface area contributed by atoms with Crippen molar-refractivity contribution in [2.45, 2.75) is 40.2 Å². The normalized spacial score (nSPS) is 11.2. The monoisotopic (exact) mass is 354 g/mol. The molecule has 0 aliphatic heterocycles. The van der Waals surface area contributed by atoms with Crippen LogP contribution >= 0.6 is 11.6 Å². The van der Waals surface area contributed by atoms with Crippen molar-refractivity contribution in [1.29, 1.82) is 0 Å². The zero-order valence-corrected chi connectivity index (χ0v) is 15.1. The Bertz CT molecular complexity index is 863. The minimum absolute atomic E-state index is 0.0803. The van der Waals surface area contributed by atoms with Crippen molar-refractivity contribution < 1.29 is 9.13 Å². The van der Waals surface area contributed by atoms with Crippen LogP contribution in [-0.2, 0) is 13.5 Å². The predicted molar refractivity (Wildman–Crippen MR) is 92.1 cm³/mol. The fourth-order valence-corrected chi connectivity index (χ4v) is 2.84. The van der Waals surface area contributed by atoms with Gasteiger partial charge < -0.3 is 9.30 Å². The molecule has 0 amide bonds. The summed E-state index contributed by atoms with van der Waals surface area (Å²) in [5.74, 6) is -0.548. The molecule has 0 atom stereocenters. The quantitative estimate of drug-likeness (QED) is 0.848. The molecule has 0 aliphatic rings. The van der Waals surface area contributed by atoms with Crippen LogP contribution < -0.4 is 16.0 Å². The van der Waals surface area contributed by atoms with Gasteiger partial charge in [0, 0.05) is 24.4 Å². The van der Waals surface area contributed by atoms with E-state index < -0.39 is 17.1 Å². The number of rotatable bonds is 4. The predicted octanol–water partition coefficient (Wildman–Crippen LogP) is 2.99. The molecule has 0 aliphatic carbocycles. The summed E-state index contributed by atoms with van der Waals surface area (Å²) in [4.78, 5) is 25.2. The van der Waals surface area contributed by atoms with Gasteiger partial charge in [-0.15, -0.1) is 0 Å². The lowest BCUT2D eigenvalue weighted by Gasteiger charge is -2.16. The van der Waals surface area contributed by atoms with Gasteiger partial charge in [0.1, 0.15) is 11.6 Å². The van der Waals surface area contributed by atoms with Gasteiger partial charge in [0.15, 0.2) is 0 Å². The minimum Gasteiger partial charge on any atom is -0.489 e. The first-order valence-electron chi connectivity index (χ1n) is 7.66. The summed E-state index contributed by atoms with van der Waals surface area (Å²) < 4.78 is 22.1. The number of ether oxygens (including phenoxy) is 1. The molecule has 0 fully saturated rings. The molecule has 1 aromatic heterocycles. The van der Waals surface area contributed by atoms with Crippen LogP contribution in [-0.4, -0.2) is 15.2 Å². The Hall–Kier alpha value is -2.08. The molecule has 0 saturated carbocycles. The second-order valence-electron chi connectivity index (χ2n) is 5.81. The summed E-state index contributed by atoms with van der Waals surface area (Å²) in [5, 5.41) is 0.0803. The third-order valence-corrected chi connectivity index (χ3v) is 4.08. The molecule has 7 heteroatoms. The van der Waals surface area contributed by atoms with Gasteiger partial charge in [0.2, 0.25) is 0 Å². The van der Waals surface area contributed by atoms with E-state index in [-0.39, 0.29) is 22.6 Å². The molecule has 1 heterocycles. The molecular weight excluding hydrogens is 335 g/mol. The van der Waals surface area contributed by atoms with Crippen molar-refractivity contribution in [2.24, 2.45) is 7.05 Å². The largest absolute Gasteiger partial charge is 0.489 e. The highest BCUT2D eigenvalue weighted by atomic mass is 35.5. The van der Waals surface area contributed by atoms with Crippen LogP contribution in [0, 0.1) is 12.7 Å². The van der Waals surface area contributed by atoms with Gasteiger partial charge in [-0.25, -0.2) is 13.8 Å². The maximum atomic E-state index is 14.4. The molecule has 2 rings (SSSR count). The van der Waals surface area contributed by atoms with E-state index >= 15 is 0 Å². The van der Waals surface area contributed by atoms with E-state index in [1.54, 1.807) is 27.8 Å². The van der Waals surface area contributed by atoms with Crippen LogP contribution in [0.15, 0.2) is 21.7 Å². The molecule has 0 spiro atoms. The smallest absolute Gasteiger partial charge is 0.335 e. The number of benzene rings is 1. The second-order valence-corrected chi connectivity index (χ2v) is 6.22. The number of hydrogen-bond acceptors (Lipinski definition) is 3. The number of nitrogens with zero attached hydrogens (tertiary/aromatic N) is 2. The topological polar surface area (TPSA) is 53.2 Å². The van der Waals surface area contributed by atoms with Gasteiger partial charge in [0.05, 0.1) is 16.8 Å². The van der Waals surface area contributed by atoms with Gasteiger partial charge in [0.25, 0.3) is 5.56 Å². The molecule has 130 valence electrons. The van der Waals surface area contributed by atoms with Crippen LogP contribution in [0.1, 0.15) is 32.0 Å². The van der Waals surface area contributed by atoms with Crippen molar-refractivity contribution >= 4 is 11.6 Å². The third-order valence-electron chi connectivity index (χ3n) is 3.78. The molecule has 24 heavy (non-hydrogen) atoms. The first-order valence-corrected chi connectivity index (χ1v) is 8.04. The maximum absolute atomic E-state index is 14.4. The average molecular weight is 355 g/mol. The highest BCUT2D eigenvalue weighted by Crippen LogP contribution is 2.29. The van der Waals surface area contributed by atoms with Crippen LogP contribution in [0.2, 0.25) is 5.02 Å². The zero-order valence-electron chi connectivity index (χ0n) is 14.3. The minimum atomic E-state index is -0.765. The molecule has 1 aromatic carbocycles. The Labute approximate surface area is 144 Å². The lowest BCUT2D eigenvalue weighted by atomic mass is 10.2. The summed E-state index contributed by atoms with van der Waals surface area (Å²) in [6.07, 6.45) is 0.336. The third kappa shape index (κ3) is 3.11. The van der Waals surface area contributed by atoms with E-state index in [0.717, 1.165) is 10.6 Å². The summed E-state index contributed by atoms with van der Waals surface area (Å²) in [6, 6.07) is 2.33. The van der Waals surface area contributed by atoms with E-state index in [1.807, 2.05) is 6.92 Å². The number of aromatic nitrogens is 2. The summed E-state index contributed by atoms with van der Waals surface area (Å²) in [7, 11) is 1.56. The lowest BCUT2D eigenvalue weighted by molar-refractivity contribution is 0.242. The van der Waals surface area contributed by atoms with E-state index in [9.17, 15) is 14.0 Å². The molecular formula is C17H20ClFN2O3. The molecule has 0 saturated heterocycles. The SMILES string of the molecule is CCc1c(C)c(=O)n(-c2cc(OC(C)C)c(Cl)cc2F)c(=O)n1C. The number of halogens is 2. The van der Waals surface area contributed by atoms with Crippen LogP contribution in [0.4, 0.5) is 4.39 Å². The Morgan fingerprint density at radius 1 is 1.29 bits per heavy atom. The van der Waals surface area contributed by atoms with Crippen molar-refractivity contribution in [3.05, 3.63) is 55.1 Å². The van der Waals surface area contributed by atoms with E-state index in [0.29, 0.717) is 17.7 Å². The van der Waals surface area contributed by atoms with Crippen LogP contribution in [0.5, 0.6) is 5.75 Å². The first kappa shape index (κ1) is 18.3. The van der Waals surface area contributed by atoms with Gasteiger partial charge in [-0.05, 0) is 33.3 Å². The Morgan fingerprint density at radius 2 is 1.92 bits per heavy atom. The van der Waals surface area contributed by atoms with Crippen molar-refractivity contribution in [3.63, 3.8) is 0 Å². The molecule has 2 aromatic rings. The average Bonchev–Trinajstić information content (AvgIpc) is 2.50. The lowest BCUT2D eigenvalue weighted by Crippen LogP contribution is -2.41. The molecule has 0 unspecified atom stereocenters. The highest BCUT2D eigenvalue weighted by Gasteiger charge is 2.19. The van der Waals surface area contributed by atoms with Crippen LogP contribution in [0.25, 0.3) is 5.69 Å². The second kappa shape index (κ2) is 6.81. The Morgan fingerprint density at radius 3 is 2.46 bits per heavy atom. The fraction of sp³-hybridized carbons (Fsp3) is 0.412. The standard InChI is InChI=1S/C17H20ClFN2O3/c1-6-13-10(4)16(22)21(17(23)20(13)5)14-8-15(24-9(2)3)11(18)7-12(14)19/h7-9H,6H2,1-5H3. The molecule has 0 N–H and O–H groups in total. The molecule has 5 nitrogen and oxygen atoms in total. The number of hydrogen-bond donors (Lipinski definition) is 0. The molecule has 0 bridgehead atoms. The van der Waals surface area contributed by atoms with Gasteiger partial charge in [-0.3, -0.25) is 4.79 Å². The summed E-state index contributed by atoms with van der Waals surface area (Å²) in [5.41, 5.74) is -0.313. The highest BCUT2D eigenvalue weighted by molar-refractivity contribution is 6.32. The molecule has 0 radical (unpaired) electrons. The van der Waals surface area contributed by atoms with Gasteiger partial charge in [-0.2, -0.15) is 0 Å².